The number of hydrogen-bond donors (Lipinski definition) is 0. The Morgan fingerprint density at radius 2 is 1.71 bits per heavy atom. The molecule has 2 aromatic carbocycles. The smallest absolute Gasteiger partial charge is 0.310 e. The molecule has 1 unspecified atom stereocenters. The molecule has 0 amide bonds. The summed E-state index contributed by atoms with van der Waals surface area (Å²) in [5.41, 5.74) is 0.437. The van der Waals surface area contributed by atoms with Gasteiger partial charge in [0.25, 0.3) is 0 Å². The van der Waals surface area contributed by atoms with Crippen LogP contribution in [0.1, 0.15) is 19.4 Å². The summed E-state index contributed by atoms with van der Waals surface area (Å²) >= 11 is 24.0. The lowest BCUT2D eigenvalue weighted by atomic mass is 10.1. The van der Waals surface area contributed by atoms with Crippen LogP contribution in [0.25, 0.3) is 0 Å². The maximum absolute atomic E-state index is 12.6. The Balaban J connectivity index is 1.60. The van der Waals surface area contributed by atoms with Crippen molar-refractivity contribution in [2.45, 2.75) is 29.6 Å². The van der Waals surface area contributed by atoms with E-state index in [2.05, 4.69) is 0 Å². The fourth-order valence-corrected chi connectivity index (χ4v) is 4.32. The predicted octanol–water partition coefficient (Wildman–Crippen LogP) is 6.77. The molecule has 0 radical (unpaired) electrons. The maximum atomic E-state index is 12.6. The minimum absolute atomic E-state index is 0.130. The number of halogens is 4. The predicted molar refractivity (Wildman–Crippen MR) is 113 cm³/mol. The second-order valence-electron chi connectivity index (χ2n) is 7.44. The zero-order valence-electron chi connectivity index (χ0n) is 15.4. The highest BCUT2D eigenvalue weighted by atomic mass is 35.6. The van der Waals surface area contributed by atoms with Crippen LogP contribution in [0, 0.1) is 17.3 Å². The molecule has 1 saturated carbocycles. The first-order valence-corrected chi connectivity index (χ1v) is 10.4. The molecule has 3 atom stereocenters. The lowest BCUT2D eigenvalue weighted by molar-refractivity contribution is -0.147. The summed E-state index contributed by atoms with van der Waals surface area (Å²) in [5.74, 6) is 0.390. The van der Waals surface area contributed by atoms with Gasteiger partial charge in [-0.25, -0.2) is 0 Å². The molecule has 0 aliphatic heterocycles. The van der Waals surface area contributed by atoms with Crippen LogP contribution in [0.15, 0.2) is 54.6 Å². The van der Waals surface area contributed by atoms with Crippen molar-refractivity contribution in [3.05, 3.63) is 60.2 Å². The van der Waals surface area contributed by atoms with Gasteiger partial charge in [0.15, 0.2) is 0 Å². The van der Waals surface area contributed by atoms with Crippen molar-refractivity contribution < 1.29 is 14.3 Å². The SMILES string of the molecule is CC1(C)[C@H](C(=O)OCc2cccc(Oc3ccccc3)c2)[C@@H]1C(Cl)C(Cl)(Cl)Cl. The van der Waals surface area contributed by atoms with E-state index < -0.39 is 15.1 Å². The molecule has 1 aliphatic carbocycles. The van der Waals surface area contributed by atoms with Crippen LogP contribution in [-0.2, 0) is 16.1 Å². The fraction of sp³-hybridized carbons (Fsp3) is 0.381. The highest BCUT2D eigenvalue weighted by Crippen LogP contribution is 2.64. The molecule has 3 nitrogen and oxygen atoms in total. The summed E-state index contributed by atoms with van der Waals surface area (Å²) in [4.78, 5) is 12.6. The largest absolute Gasteiger partial charge is 0.461 e. The zero-order chi connectivity index (χ0) is 20.5. The quantitative estimate of drug-likeness (QED) is 0.351. The molecule has 1 aliphatic rings. The third-order valence-corrected chi connectivity index (χ3v) is 6.69. The van der Waals surface area contributed by atoms with E-state index >= 15 is 0 Å². The van der Waals surface area contributed by atoms with Gasteiger partial charge in [-0.05, 0) is 41.2 Å². The summed E-state index contributed by atoms with van der Waals surface area (Å²) in [6, 6.07) is 16.9. The standard InChI is InChI=1S/C21H20Cl4O3/c1-20(2)16(18(22)21(23,24)25)17(20)19(26)27-12-13-7-6-10-15(11-13)28-14-8-4-3-5-9-14/h3-11,16-18H,12H2,1-2H3/t16-,17+,18?/m1/s1. The van der Waals surface area contributed by atoms with Crippen LogP contribution in [0.5, 0.6) is 11.5 Å². The minimum Gasteiger partial charge on any atom is -0.461 e. The summed E-state index contributed by atoms with van der Waals surface area (Å²) in [7, 11) is 0. The number of alkyl halides is 4. The van der Waals surface area contributed by atoms with E-state index in [-0.39, 0.29) is 23.9 Å². The van der Waals surface area contributed by atoms with Gasteiger partial charge in [0.1, 0.15) is 18.1 Å². The first-order valence-electron chi connectivity index (χ1n) is 8.80. The van der Waals surface area contributed by atoms with Crippen LogP contribution in [0.4, 0.5) is 0 Å². The van der Waals surface area contributed by atoms with E-state index in [9.17, 15) is 4.79 Å². The van der Waals surface area contributed by atoms with E-state index in [1.165, 1.54) is 0 Å². The highest BCUT2D eigenvalue weighted by molar-refractivity contribution is 6.70. The first-order chi connectivity index (χ1) is 13.1. The first kappa shape index (κ1) is 21.6. The molecule has 3 rings (SSSR count). The number of para-hydroxylation sites is 1. The lowest BCUT2D eigenvalue weighted by Gasteiger charge is -2.19. The average molecular weight is 462 g/mol. The number of benzene rings is 2. The van der Waals surface area contributed by atoms with Crippen molar-refractivity contribution in [3.8, 4) is 11.5 Å². The number of carbonyl (C=O) groups excluding carboxylic acids is 1. The van der Waals surface area contributed by atoms with Crippen molar-refractivity contribution in [3.63, 3.8) is 0 Å². The fourth-order valence-electron chi connectivity index (χ4n) is 3.45. The Kier molecular flexibility index (Phi) is 6.41. The van der Waals surface area contributed by atoms with Crippen molar-refractivity contribution in [1.29, 1.82) is 0 Å². The van der Waals surface area contributed by atoms with E-state index in [4.69, 9.17) is 55.9 Å². The molecule has 0 N–H and O–H groups in total. The second kappa shape index (κ2) is 8.31. The molecule has 0 bridgehead atoms. The van der Waals surface area contributed by atoms with Crippen LogP contribution < -0.4 is 4.74 Å². The van der Waals surface area contributed by atoms with Gasteiger partial charge in [0.2, 0.25) is 3.79 Å². The Morgan fingerprint density at radius 3 is 2.36 bits per heavy atom. The molecule has 0 aromatic heterocycles. The van der Waals surface area contributed by atoms with Crippen LogP contribution in [0.3, 0.4) is 0 Å². The van der Waals surface area contributed by atoms with E-state index in [1.54, 1.807) is 0 Å². The lowest BCUT2D eigenvalue weighted by Crippen LogP contribution is -2.24. The Hall–Kier alpha value is -1.13. The Bertz CT molecular complexity index is 833. The molecule has 7 heteroatoms. The monoisotopic (exact) mass is 460 g/mol. The van der Waals surface area contributed by atoms with Crippen LogP contribution in [0.2, 0.25) is 0 Å². The molecular formula is C21H20Cl4O3. The molecular weight excluding hydrogens is 442 g/mol. The van der Waals surface area contributed by atoms with Crippen molar-refractivity contribution >= 4 is 52.4 Å². The van der Waals surface area contributed by atoms with Gasteiger partial charge in [-0.1, -0.05) is 79.0 Å². The summed E-state index contributed by atoms with van der Waals surface area (Å²) in [6.07, 6.45) is 0. The van der Waals surface area contributed by atoms with Gasteiger partial charge in [0.05, 0.1) is 11.3 Å². The summed E-state index contributed by atoms with van der Waals surface area (Å²) in [5, 5.41) is -0.771. The van der Waals surface area contributed by atoms with E-state index in [1.807, 2.05) is 68.4 Å². The van der Waals surface area contributed by atoms with Crippen molar-refractivity contribution in [1.82, 2.24) is 0 Å². The molecule has 0 heterocycles. The number of rotatable bonds is 6. The summed E-state index contributed by atoms with van der Waals surface area (Å²) < 4.78 is 9.67. The topological polar surface area (TPSA) is 35.5 Å². The number of esters is 1. The Morgan fingerprint density at radius 1 is 1.07 bits per heavy atom. The van der Waals surface area contributed by atoms with Gasteiger partial charge in [-0.3, -0.25) is 4.79 Å². The van der Waals surface area contributed by atoms with E-state index in [0.29, 0.717) is 5.75 Å². The molecule has 2 aromatic rings. The second-order valence-corrected chi connectivity index (χ2v) is 10.3. The molecule has 150 valence electrons. The molecule has 28 heavy (non-hydrogen) atoms. The number of carbonyl (C=O) groups is 1. The van der Waals surface area contributed by atoms with Crippen molar-refractivity contribution in [2.75, 3.05) is 0 Å². The van der Waals surface area contributed by atoms with Gasteiger partial charge in [0, 0.05) is 0 Å². The van der Waals surface area contributed by atoms with Crippen LogP contribution >= 0.6 is 46.4 Å². The van der Waals surface area contributed by atoms with Gasteiger partial charge < -0.3 is 9.47 Å². The van der Waals surface area contributed by atoms with Crippen LogP contribution in [-0.4, -0.2) is 15.1 Å². The maximum Gasteiger partial charge on any atom is 0.310 e. The van der Waals surface area contributed by atoms with Gasteiger partial charge in [-0.15, -0.1) is 11.6 Å². The third kappa shape index (κ3) is 4.88. The molecule has 0 saturated heterocycles. The average Bonchev–Trinajstić information content (AvgIpc) is 3.21. The summed E-state index contributed by atoms with van der Waals surface area (Å²) in [6.45, 7) is 3.97. The normalized spacial score (nSPS) is 21.6. The van der Waals surface area contributed by atoms with Gasteiger partial charge >= 0.3 is 5.97 Å². The number of ether oxygens (including phenoxy) is 2. The number of hydrogen-bond acceptors (Lipinski definition) is 3. The molecule has 0 spiro atoms. The highest BCUT2D eigenvalue weighted by Gasteiger charge is 2.68. The van der Waals surface area contributed by atoms with Crippen molar-refractivity contribution in [2.24, 2.45) is 17.3 Å². The van der Waals surface area contributed by atoms with Gasteiger partial charge in [-0.2, -0.15) is 0 Å². The third-order valence-electron chi connectivity index (χ3n) is 5.05. The molecule has 1 fully saturated rings. The zero-order valence-corrected chi connectivity index (χ0v) is 18.4. The minimum atomic E-state index is -1.64. The van der Waals surface area contributed by atoms with E-state index in [0.717, 1.165) is 11.3 Å². The Labute approximate surface area is 184 Å².